The average molecular weight is 643 g/mol. The second kappa shape index (κ2) is 11.4. The molecule has 0 saturated heterocycles. The van der Waals surface area contributed by atoms with E-state index in [9.17, 15) is 0 Å². The Balaban J connectivity index is 1.22. The first-order chi connectivity index (χ1) is 24.8. The molecule has 10 rings (SSSR count). The van der Waals surface area contributed by atoms with Crippen LogP contribution < -0.4 is 5.32 Å². The fraction of sp³-hybridized carbons (Fsp3) is 0.0227. The summed E-state index contributed by atoms with van der Waals surface area (Å²) in [5.74, 6) is 1.85. The van der Waals surface area contributed by atoms with Crippen LogP contribution in [0.2, 0.25) is 0 Å². The maximum atomic E-state index is 5.12. The van der Waals surface area contributed by atoms with Crippen molar-refractivity contribution in [2.24, 2.45) is 0 Å². The number of nitrogens with one attached hydrogen (secondary N) is 1. The average Bonchev–Trinajstić information content (AvgIpc) is 3.71. The Labute approximate surface area is 288 Å². The summed E-state index contributed by atoms with van der Waals surface area (Å²) in [6.07, 6.45) is 2.32. The minimum Gasteiger partial charge on any atom is -0.380 e. The minimum absolute atomic E-state index is 0.582. The van der Waals surface area contributed by atoms with Crippen molar-refractivity contribution < 1.29 is 0 Å². The van der Waals surface area contributed by atoms with Crippen LogP contribution in [0.3, 0.4) is 0 Å². The smallest absolute Gasteiger partial charge is 0.238 e. The second-order valence-electron chi connectivity index (χ2n) is 12.5. The molecular weight excluding hydrogens is 613 g/mol. The molecule has 1 aliphatic rings. The van der Waals surface area contributed by atoms with E-state index in [1.54, 1.807) is 0 Å². The Kier molecular flexibility index (Phi) is 6.45. The molecular formula is C44H30N6. The largest absolute Gasteiger partial charge is 0.380 e. The molecule has 0 bridgehead atoms. The molecule has 0 unspecified atom stereocenters. The summed E-state index contributed by atoms with van der Waals surface area (Å²) in [7, 11) is 0. The number of rotatable bonds is 5. The van der Waals surface area contributed by atoms with E-state index in [1.807, 2.05) is 60.7 Å². The standard InChI is InChI=1S/C44H30N6/c1-4-15-29(16-5-1)42-46-43(30-17-6-2-7-18-30)48-44(47-42)50-38-25-13-11-22-34(38)41-33(23-14-26-39(41)50)36-27-40-35(28-45-36)32-21-10-12-24-37(32)49(40)31-19-8-3-9-20-31/h1-27,45H,28H2. The van der Waals surface area contributed by atoms with Crippen LogP contribution in [-0.4, -0.2) is 24.1 Å². The molecule has 1 N–H and O–H groups in total. The SMILES string of the molecule is C1=C(c2cccc3c2c2ccccc2n3-c2nc(-c3ccccc3)nc(-c3ccccc3)n2)NCc2c1n(-c1ccccc1)c1ccccc21. The molecule has 236 valence electrons. The van der Waals surface area contributed by atoms with Crippen molar-refractivity contribution in [1.82, 2.24) is 29.4 Å². The monoisotopic (exact) mass is 642 g/mol. The van der Waals surface area contributed by atoms with Crippen LogP contribution in [-0.2, 0) is 6.54 Å². The molecule has 0 fully saturated rings. The quantitative estimate of drug-likeness (QED) is 0.203. The van der Waals surface area contributed by atoms with Gasteiger partial charge < -0.3 is 9.88 Å². The van der Waals surface area contributed by atoms with Gasteiger partial charge in [0.25, 0.3) is 0 Å². The number of hydrogen-bond acceptors (Lipinski definition) is 4. The molecule has 0 radical (unpaired) electrons. The second-order valence-corrected chi connectivity index (χ2v) is 12.5. The summed E-state index contributed by atoms with van der Waals surface area (Å²) in [6.45, 7) is 0.727. The zero-order chi connectivity index (χ0) is 33.0. The number of hydrogen-bond donors (Lipinski definition) is 1. The van der Waals surface area contributed by atoms with Gasteiger partial charge in [0, 0.05) is 56.3 Å². The Bertz CT molecular complexity index is 2680. The third-order valence-electron chi connectivity index (χ3n) is 9.65. The van der Waals surface area contributed by atoms with Gasteiger partial charge in [0.2, 0.25) is 5.95 Å². The maximum absolute atomic E-state index is 5.12. The van der Waals surface area contributed by atoms with Gasteiger partial charge in [0.1, 0.15) is 0 Å². The van der Waals surface area contributed by atoms with E-state index in [0.717, 1.165) is 56.4 Å². The lowest BCUT2D eigenvalue weighted by atomic mass is 9.99. The Morgan fingerprint density at radius 1 is 0.480 bits per heavy atom. The lowest BCUT2D eigenvalue weighted by Gasteiger charge is -2.20. The summed E-state index contributed by atoms with van der Waals surface area (Å²) in [5, 5.41) is 7.36. The van der Waals surface area contributed by atoms with Crippen molar-refractivity contribution in [1.29, 1.82) is 0 Å². The van der Waals surface area contributed by atoms with Crippen molar-refractivity contribution in [3.05, 3.63) is 175 Å². The molecule has 4 heterocycles. The summed E-state index contributed by atoms with van der Waals surface area (Å²) in [6, 6.07) is 54.6. The lowest BCUT2D eigenvalue weighted by molar-refractivity contribution is 0.876. The lowest BCUT2D eigenvalue weighted by Crippen LogP contribution is -2.17. The highest BCUT2D eigenvalue weighted by atomic mass is 15.2. The summed E-state index contributed by atoms with van der Waals surface area (Å²) in [4.78, 5) is 15.2. The maximum Gasteiger partial charge on any atom is 0.238 e. The van der Waals surface area contributed by atoms with Gasteiger partial charge in [0.05, 0.1) is 22.2 Å². The van der Waals surface area contributed by atoms with Crippen LogP contribution in [0.5, 0.6) is 0 Å². The van der Waals surface area contributed by atoms with Crippen LogP contribution in [0.15, 0.2) is 158 Å². The van der Waals surface area contributed by atoms with Gasteiger partial charge in [-0.25, -0.2) is 4.98 Å². The van der Waals surface area contributed by atoms with E-state index in [0.29, 0.717) is 17.6 Å². The molecule has 0 atom stereocenters. The first-order valence-electron chi connectivity index (χ1n) is 16.8. The zero-order valence-electron chi connectivity index (χ0n) is 27.0. The van der Waals surface area contributed by atoms with Gasteiger partial charge in [-0.2, -0.15) is 9.97 Å². The van der Waals surface area contributed by atoms with Crippen molar-refractivity contribution in [3.63, 3.8) is 0 Å². The highest BCUT2D eigenvalue weighted by Crippen LogP contribution is 2.40. The zero-order valence-corrected chi connectivity index (χ0v) is 27.0. The molecule has 6 aromatic carbocycles. The van der Waals surface area contributed by atoms with Crippen molar-refractivity contribution in [2.75, 3.05) is 0 Å². The molecule has 0 aliphatic carbocycles. The van der Waals surface area contributed by atoms with Crippen molar-refractivity contribution in [2.45, 2.75) is 6.54 Å². The predicted octanol–water partition coefficient (Wildman–Crippen LogP) is 9.85. The van der Waals surface area contributed by atoms with E-state index in [2.05, 4.69) is 118 Å². The minimum atomic E-state index is 0.582. The van der Waals surface area contributed by atoms with E-state index in [-0.39, 0.29) is 0 Å². The van der Waals surface area contributed by atoms with Gasteiger partial charge in [-0.05, 0) is 36.4 Å². The number of fused-ring (bicyclic) bond motifs is 6. The highest BCUT2D eigenvalue weighted by molar-refractivity contribution is 6.14. The fourth-order valence-corrected chi connectivity index (χ4v) is 7.42. The number of para-hydroxylation sites is 3. The summed E-state index contributed by atoms with van der Waals surface area (Å²) >= 11 is 0. The molecule has 6 heteroatoms. The molecule has 6 nitrogen and oxygen atoms in total. The third kappa shape index (κ3) is 4.46. The Morgan fingerprint density at radius 2 is 1.04 bits per heavy atom. The van der Waals surface area contributed by atoms with Crippen LogP contribution in [0, 0.1) is 0 Å². The predicted molar refractivity (Wildman–Crippen MR) is 203 cm³/mol. The Morgan fingerprint density at radius 3 is 1.72 bits per heavy atom. The van der Waals surface area contributed by atoms with Crippen LogP contribution >= 0.6 is 0 Å². The van der Waals surface area contributed by atoms with Crippen LogP contribution in [0.4, 0.5) is 0 Å². The molecule has 50 heavy (non-hydrogen) atoms. The van der Waals surface area contributed by atoms with E-state index in [1.165, 1.54) is 22.2 Å². The van der Waals surface area contributed by atoms with Gasteiger partial charge >= 0.3 is 0 Å². The number of benzene rings is 6. The van der Waals surface area contributed by atoms with E-state index in [4.69, 9.17) is 15.0 Å². The van der Waals surface area contributed by atoms with Crippen LogP contribution in [0.25, 0.3) is 78.9 Å². The first kappa shape index (κ1) is 28.2. The number of nitrogens with zero attached hydrogens (tertiary/aromatic N) is 5. The van der Waals surface area contributed by atoms with E-state index < -0.39 is 0 Å². The third-order valence-corrected chi connectivity index (χ3v) is 9.65. The number of aromatic nitrogens is 5. The molecule has 9 aromatic rings. The first-order valence-corrected chi connectivity index (χ1v) is 16.8. The normalized spacial score (nSPS) is 12.6. The van der Waals surface area contributed by atoms with Crippen molar-refractivity contribution >= 4 is 44.5 Å². The van der Waals surface area contributed by atoms with Gasteiger partial charge in [0.15, 0.2) is 11.6 Å². The van der Waals surface area contributed by atoms with Gasteiger partial charge in [-0.3, -0.25) is 4.57 Å². The molecule has 0 spiro atoms. The van der Waals surface area contributed by atoms with Crippen molar-refractivity contribution in [3.8, 4) is 34.4 Å². The topological polar surface area (TPSA) is 60.6 Å². The molecule has 0 amide bonds. The highest BCUT2D eigenvalue weighted by Gasteiger charge is 2.24. The Hall–Kier alpha value is -6.79. The van der Waals surface area contributed by atoms with Gasteiger partial charge in [-0.1, -0.05) is 127 Å². The molecule has 3 aromatic heterocycles. The molecule has 0 saturated carbocycles. The molecule has 1 aliphatic heterocycles. The fourth-order valence-electron chi connectivity index (χ4n) is 7.42. The van der Waals surface area contributed by atoms with E-state index >= 15 is 0 Å². The summed E-state index contributed by atoms with van der Waals surface area (Å²) < 4.78 is 4.57. The van der Waals surface area contributed by atoms with Gasteiger partial charge in [-0.15, -0.1) is 0 Å². The van der Waals surface area contributed by atoms with Crippen LogP contribution in [0.1, 0.15) is 16.8 Å². The summed E-state index contributed by atoms with van der Waals surface area (Å²) in [5.41, 5.74) is 11.0.